The SMILES string of the molecule is COc1ccc(C(CNC(=O)Cc2ccccc2)N2CCC(C)CC2)cc1. The van der Waals surface area contributed by atoms with E-state index in [-0.39, 0.29) is 11.9 Å². The molecule has 0 saturated carbocycles. The van der Waals surface area contributed by atoms with E-state index in [1.807, 2.05) is 42.5 Å². The van der Waals surface area contributed by atoms with Gasteiger partial charge in [0, 0.05) is 6.54 Å². The number of hydrogen-bond acceptors (Lipinski definition) is 3. The van der Waals surface area contributed by atoms with Gasteiger partial charge in [-0.3, -0.25) is 9.69 Å². The Kier molecular flexibility index (Phi) is 6.88. The molecule has 1 amide bonds. The zero-order chi connectivity index (χ0) is 19.1. The van der Waals surface area contributed by atoms with Gasteiger partial charge in [0.2, 0.25) is 5.91 Å². The smallest absolute Gasteiger partial charge is 0.224 e. The van der Waals surface area contributed by atoms with Gasteiger partial charge in [0.05, 0.1) is 19.6 Å². The van der Waals surface area contributed by atoms with E-state index in [1.54, 1.807) is 7.11 Å². The average molecular weight is 367 g/mol. The van der Waals surface area contributed by atoms with Crippen LogP contribution in [-0.2, 0) is 11.2 Å². The molecule has 1 heterocycles. The Labute approximate surface area is 162 Å². The molecule has 2 aromatic rings. The maximum Gasteiger partial charge on any atom is 0.224 e. The molecule has 1 aliphatic rings. The van der Waals surface area contributed by atoms with Crippen molar-refractivity contribution in [3.8, 4) is 5.75 Å². The van der Waals surface area contributed by atoms with Crippen LogP contribution in [0.3, 0.4) is 0 Å². The standard InChI is InChI=1S/C23H30N2O2/c1-18-12-14-25(15-13-18)22(20-8-10-21(27-2)11-9-20)17-24-23(26)16-19-6-4-3-5-7-19/h3-11,18,22H,12-17H2,1-2H3,(H,24,26). The molecule has 1 unspecified atom stereocenters. The van der Waals surface area contributed by atoms with Gasteiger partial charge >= 0.3 is 0 Å². The van der Waals surface area contributed by atoms with E-state index >= 15 is 0 Å². The van der Waals surface area contributed by atoms with Crippen molar-refractivity contribution in [2.75, 3.05) is 26.7 Å². The summed E-state index contributed by atoms with van der Waals surface area (Å²) in [7, 11) is 1.68. The van der Waals surface area contributed by atoms with Crippen LogP contribution >= 0.6 is 0 Å². The van der Waals surface area contributed by atoms with Crippen molar-refractivity contribution in [1.82, 2.24) is 10.2 Å². The number of likely N-dealkylation sites (tertiary alicyclic amines) is 1. The topological polar surface area (TPSA) is 41.6 Å². The van der Waals surface area contributed by atoms with Gasteiger partial charge in [0.25, 0.3) is 0 Å². The number of carbonyl (C=O) groups excluding carboxylic acids is 1. The van der Waals surface area contributed by atoms with E-state index in [4.69, 9.17) is 4.74 Å². The number of ether oxygens (including phenoxy) is 1. The van der Waals surface area contributed by atoms with Crippen molar-refractivity contribution in [2.24, 2.45) is 5.92 Å². The Bertz CT molecular complexity index is 707. The predicted octanol–water partition coefficient (Wildman–Crippen LogP) is 3.83. The van der Waals surface area contributed by atoms with Gasteiger partial charge in [-0.1, -0.05) is 49.4 Å². The van der Waals surface area contributed by atoms with Crippen LogP contribution < -0.4 is 10.1 Å². The molecule has 1 N–H and O–H groups in total. The van der Waals surface area contributed by atoms with Crippen LogP contribution in [0.4, 0.5) is 0 Å². The van der Waals surface area contributed by atoms with E-state index < -0.39 is 0 Å². The molecule has 0 aromatic heterocycles. The third-order valence-electron chi connectivity index (χ3n) is 5.46. The quantitative estimate of drug-likeness (QED) is 0.810. The summed E-state index contributed by atoms with van der Waals surface area (Å²) in [6.45, 7) is 5.10. The van der Waals surface area contributed by atoms with Gasteiger partial charge in [0.15, 0.2) is 0 Å². The summed E-state index contributed by atoms with van der Waals surface area (Å²) in [5, 5.41) is 3.15. The number of nitrogens with zero attached hydrogens (tertiary/aromatic N) is 1. The second kappa shape index (κ2) is 9.56. The Morgan fingerprint density at radius 2 is 1.78 bits per heavy atom. The summed E-state index contributed by atoms with van der Waals surface area (Å²) in [6.07, 6.45) is 2.85. The lowest BCUT2D eigenvalue weighted by Crippen LogP contribution is -2.42. The zero-order valence-corrected chi connectivity index (χ0v) is 16.4. The van der Waals surface area contributed by atoms with Crippen molar-refractivity contribution in [3.05, 3.63) is 65.7 Å². The fourth-order valence-corrected chi connectivity index (χ4v) is 3.68. The molecule has 1 fully saturated rings. The fraction of sp³-hybridized carbons (Fsp3) is 0.435. The number of benzene rings is 2. The lowest BCUT2D eigenvalue weighted by atomic mass is 9.95. The van der Waals surface area contributed by atoms with Crippen molar-refractivity contribution in [1.29, 1.82) is 0 Å². The van der Waals surface area contributed by atoms with E-state index in [9.17, 15) is 4.79 Å². The van der Waals surface area contributed by atoms with Gasteiger partial charge in [-0.25, -0.2) is 0 Å². The predicted molar refractivity (Wildman–Crippen MR) is 109 cm³/mol. The first-order valence-electron chi connectivity index (χ1n) is 9.84. The molecule has 1 atom stereocenters. The average Bonchev–Trinajstić information content (AvgIpc) is 2.70. The first kappa shape index (κ1) is 19.4. The summed E-state index contributed by atoms with van der Waals surface area (Å²) in [5.74, 6) is 1.72. The van der Waals surface area contributed by atoms with Crippen LogP contribution in [0.1, 0.15) is 36.9 Å². The van der Waals surface area contributed by atoms with E-state index in [1.165, 1.54) is 18.4 Å². The minimum atomic E-state index is 0.0742. The second-order valence-corrected chi connectivity index (χ2v) is 7.47. The van der Waals surface area contributed by atoms with Gasteiger partial charge in [-0.05, 0) is 55.1 Å². The Hall–Kier alpha value is -2.33. The summed E-state index contributed by atoms with van der Waals surface area (Å²) in [5.41, 5.74) is 2.27. The lowest BCUT2D eigenvalue weighted by molar-refractivity contribution is -0.120. The highest BCUT2D eigenvalue weighted by atomic mass is 16.5. The molecule has 0 bridgehead atoms. The number of piperidine rings is 1. The van der Waals surface area contributed by atoms with Crippen molar-refractivity contribution in [2.45, 2.75) is 32.2 Å². The molecule has 2 aromatic carbocycles. The minimum Gasteiger partial charge on any atom is -0.497 e. The van der Waals surface area contributed by atoms with Crippen LogP contribution in [0, 0.1) is 5.92 Å². The highest BCUT2D eigenvalue weighted by molar-refractivity contribution is 5.78. The molecule has 0 radical (unpaired) electrons. The van der Waals surface area contributed by atoms with Crippen LogP contribution in [-0.4, -0.2) is 37.6 Å². The van der Waals surface area contributed by atoms with Gasteiger partial charge < -0.3 is 10.1 Å². The number of carbonyl (C=O) groups is 1. The largest absolute Gasteiger partial charge is 0.497 e. The maximum absolute atomic E-state index is 12.4. The van der Waals surface area contributed by atoms with Crippen LogP contribution in [0.15, 0.2) is 54.6 Å². The van der Waals surface area contributed by atoms with E-state index in [2.05, 4.69) is 29.3 Å². The molecular weight excluding hydrogens is 336 g/mol. The minimum absolute atomic E-state index is 0.0742. The molecule has 3 rings (SSSR count). The molecule has 144 valence electrons. The monoisotopic (exact) mass is 366 g/mol. The van der Waals surface area contributed by atoms with E-state index in [0.717, 1.165) is 30.3 Å². The number of methoxy groups -OCH3 is 1. The van der Waals surface area contributed by atoms with Crippen molar-refractivity contribution < 1.29 is 9.53 Å². The summed E-state index contributed by atoms with van der Waals surface area (Å²) in [4.78, 5) is 14.9. The normalized spacial score (nSPS) is 16.7. The molecule has 4 heteroatoms. The third-order valence-corrected chi connectivity index (χ3v) is 5.46. The highest BCUT2D eigenvalue weighted by Gasteiger charge is 2.25. The fourth-order valence-electron chi connectivity index (χ4n) is 3.68. The Balaban J connectivity index is 1.66. The first-order chi connectivity index (χ1) is 13.2. The summed E-state index contributed by atoms with van der Waals surface area (Å²) < 4.78 is 5.29. The molecule has 1 saturated heterocycles. The van der Waals surface area contributed by atoms with Crippen LogP contribution in [0.5, 0.6) is 5.75 Å². The third kappa shape index (κ3) is 5.57. The number of nitrogens with one attached hydrogen (secondary N) is 1. The van der Waals surface area contributed by atoms with Crippen LogP contribution in [0.2, 0.25) is 0 Å². The molecule has 27 heavy (non-hydrogen) atoms. The highest BCUT2D eigenvalue weighted by Crippen LogP contribution is 2.27. The molecule has 1 aliphatic heterocycles. The Morgan fingerprint density at radius 3 is 2.41 bits per heavy atom. The van der Waals surface area contributed by atoms with Crippen molar-refractivity contribution >= 4 is 5.91 Å². The number of amides is 1. The van der Waals surface area contributed by atoms with Gasteiger partial charge in [-0.15, -0.1) is 0 Å². The number of rotatable bonds is 7. The molecule has 0 aliphatic carbocycles. The van der Waals surface area contributed by atoms with Gasteiger partial charge in [0.1, 0.15) is 5.75 Å². The second-order valence-electron chi connectivity index (χ2n) is 7.47. The lowest BCUT2D eigenvalue weighted by Gasteiger charge is -2.37. The zero-order valence-electron chi connectivity index (χ0n) is 16.4. The van der Waals surface area contributed by atoms with Gasteiger partial charge in [-0.2, -0.15) is 0 Å². The first-order valence-corrected chi connectivity index (χ1v) is 9.84. The molecular formula is C23H30N2O2. The summed E-state index contributed by atoms with van der Waals surface area (Å²) in [6, 6.07) is 18.3. The summed E-state index contributed by atoms with van der Waals surface area (Å²) >= 11 is 0. The van der Waals surface area contributed by atoms with Crippen LogP contribution in [0.25, 0.3) is 0 Å². The molecule has 0 spiro atoms. The van der Waals surface area contributed by atoms with E-state index in [0.29, 0.717) is 13.0 Å². The maximum atomic E-state index is 12.4. The van der Waals surface area contributed by atoms with Crippen molar-refractivity contribution in [3.63, 3.8) is 0 Å². The number of hydrogen-bond donors (Lipinski definition) is 1. The molecule has 4 nitrogen and oxygen atoms in total. The Morgan fingerprint density at radius 1 is 1.11 bits per heavy atom.